The normalized spacial score (nSPS) is 9.83. The first kappa shape index (κ1) is 16.6. The third-order valence-electron chi connectivity index (χ3n) is 2.80. The predicted molar refractivity (Wildman–Crippen MR) is 83.6 cm³/mol. The van der Waals surface area contributed by atoms with Crippen LogP contribution in [0.5, 0.6) is 0 Å². The van der Waals surface area contributed by atoms with Crippen molar-refractivity contribution in [2.75, 3.05) is 17.7 Å². The summed E-state index contributed by atoms with van der Waals surface area (Å²) in [7, 11) is 0. The number of aromatic nitrogens is 2. The van der Waals surface area contributed by atoms with Gasteiger partial charge in [-0.15, -0.1) is 0 Å². The average Bonchev–Trinajstić information content (AvgIpc) is 2.58. The van der Waals surface area contributed by atoms with E-state index in [9.17, 15) is 19.7 Å². The molecule has 0 saturated heterocycles. The highest BCUT2D eigenvalue weighted by Gasteiger charge is 2.21. The van der Waals surface area contributed by atoms with Crippen LogP contribution in [0.3, 0.4) is 0 Å². The van der Waals surface area contributed by atoms with Gasteiger partial charge in [-0.2, -0.15) is 0 Å². The minimum Gasteiger partial charge on any atom is -0.378 e. The van der Waals surface area contributed by atoms with Gasteiger partial charge in [0, 0.05) is 5.56 Å². The van der Waals surface area contributed by atoms with E-state index in [1.807, 2.05) is 0 Å². The lowest BCUT2D eigenvalue weighted by atomic mass is 10.2. The molecule has 0 aliphatic rings. The monoisotopic (exact) mass is 331 g/mol. The summed E-state index contributed by atoms with van der Waals surface area (Å²) in [4.78, 5) is 40.7. The number of amides is 2. The Kier molecular flexibility index (Phi) is 5.18. The van der Waals surface area contributed by atoms with Gasteiger partial charge in [-0.3, -0.25) is 30.6 Å². The molecule has 0 saturated carbocycles. The van der Waals surface area contributed by atoms with Crippen LogP contribution >= 0.6 is 0 Å². The van der Waals surface area contributed by atoms with Crippen molar-refractivity contribution in [3.8, 4) is 0 Å². The maximum Gasteiger partial charge on any atom is 0.354 e. The second-order valence-electron chi connectivity index (χ2n) is 4.44. The number of nitrogen functional groups attached to an aromatic ring is 1. The molecule has 0 aliphatic heterocycles. The summed E-state index contributed by atoms with van der Waals surface area (Å²) in [6.07, 6.45) is 1.01. The number of hydrogen-bond acceptors (Lipinski definition) is 8. The Bertz CT molecular complexity index is 766. The van der Waals surface area contributed by atoms with Gasteiger partial charge in [0.2, 0.25) is 11.6 Å². The fourth-order valence-electron chi connectivity index (χ4n) is 1.69. The third kappa shape index (κ3) is 4.13. The minimum absolute atomic E-state index is 0.268. The summed E-state index contributed by atoms with van der Waals surface area (Å²) in [6, 6.07) is 8.33. The highest BCUT2D eigenvalue weighted by atomic mass is 16.6. The van der Waals surface area contributed by atoms with Crippen LogP contribution in [0.25, 0.3) is 0 Å². The Morgan fingerprint density at radius 3 is 2.58 bits per heavy atom. The molecule has 0 bridgehead atoms. The number of carbonyl (C=O) groups excluding carboxylic acids is 2. The van der Waals surface area contributed by atoms with Crippen LogP contribution in [0.2, 0.25) is 0 Å². The molecule has 5 N–H and O–H groups in total. The zero-order valence-electron chi connectivity index (χ0n) is 12.2. The molecule has 2 rings (SSSR count). The van der Waals surface area contributed by atoms with E-state index in [2.05, 4.69) is 26.1 Å². The van der Waals surface area contributed by atoms with Crippen molar-refractivity contribution in [2.24, 2.45) is 0 Å². The van der Waals surface area contributed by atoms with Crippen LogP contribution in [-0.4, -0.2) is 33.3 Å². The van der Waals surface area contributed by atoms with Gasteiger partial charge in [-0.25, -0.2) is 9.97 Å². The van der Waals surface area contributed by atoms with Gasteiger partial charge in [-0.05, 0) is 12.1 Å². The van der Waals surface area contributed by atoms with E-state index in [0.29, 0.717) is 5.56 Å². The SMILES string of the molecule is Nc1ncnc(NNC(=O)CNC(=O)c2ccccc2)c1[N+](=O)[O-]. The average molecular weight is 331 g/mol. The molecule has 0 radical (unpaired) electrons. The van der Waals surface area contributed by atoms with Gasteiger partial charge in [-0.1, -0.05) is 18.2 Å². The molecule has 0 aliphatic carbocycles. The molecule has 11 nitrogen and oxygen atoms in total. The van der Waals surface area contributed by atoms with Gasteiger partial charge >= 0.3 is 5.69 Å². The molecule has 11 heteroatoms. The number of anilines is 2. The summed E-state index contributed by atoms with van der Waals surface area (Å²) >= 11 is 0. The van der Waals surface area contributed by atoms with E-state index in [-0.39, 0.29) is 18.2 Å². The molecule has 0 unspecified atom stereocenters. The predicted octanol–water partition coefficient (Wildman–Crippen LogP) is -0.160. The lowest BCUT2D eigenvalue weighted by Crippen LogP contribution is -2.39. The number of nitro groups is 1. The first-order chi connectivity index (χ1) is 11.5. The molecule has 0 fully saturated rings. The first-order valence-corrected chi connectivity index (χ1v) is 6.62. The van der Waals surface area contributed by atoms with E-state index in [4.69, 9.17) is 5.73 Å². The second-order valence-corrected chi connectivity index (χ2v) is 4.44. The fourth-order valence-corrected chi connectivity index (χ4v) is 1.69. The van der Waals surface area contributed by atoms with Crippen molar-refractivity contribution in [1.29, 1.82) is 0 Å². The van der Waals surface area contributed by atoms with Crippen LogP contribution < -0.4 is 21.9 Å². The highest BCUT2D eigenvalue weighted by Crippen LogP contribution is 2.25. The molecule has 24 heavy (non-hydrogen) atoms. The van der Waals surface area contributed by atoms with Crippen LogP contribution in [0.1, 0.15) is 10.4 Å². The third-order valence-corrected chi connectivity index (χ3v) is 2.80. The minimum atomic E-state index is -0.777. The molecule has 0 spiro atoms. The maximum atomic E-state index is 11.8. The number of nitrogens with two attached hydrogens (primary N) is 1. The van der Waals surface area contributed by atoms with Crippen molar-refractivity contribution in [3.05, 3.63) is 52.3 Å². The van der Waals surface area contributed by atoms with Crippen molar-refractivity contribution in [1.82, 2.24) is 20.7 Å². The van der Waals surface area contributed by atoms with Gasteiger partial charge < -0.3 is 11.1 Å². The molecule has 0 atom stereocenters. The highest BCUT2D eigenvalue weighted by molar-refractivity contribution is 5.96. The molecular weight excluding hydrogens is 318 g/mol. The zero-order chi connectivity index (χ0) is 17.5. The molecule has 1 heterocycles. The van der Waals surface area contributed by atoms with E-state index in [0.717, 1.165) is 6.33 Å². The van der Waals surface area contributed by atoms with Crippen LogP contribution in [0.4, 0.5) is 17.3 Å². The van der Waals surface area contributed by atoms with Crippen LogP contribution in [-0.2, 0) is 4.79 Å². The lowest BCUT2D eigenvalue weighted by molar-refractivity contribution is -0.383. The van der Waals surface area contributed by atoms with Crippen molar-refractivity contribution < 1.29 is 14.5 Å². The molecular formula is C13H13N7O4. The van der Waals surface area contributed by atoms with Crippen LogP contribution in [0, 0.1) is 10.1 Å². The van der Waals surface area contributed by atoms with Gasteiger partial charge in [0.1, 0.15) is 6.33 Å². The van der Waals surface area contributed by atoms with E-state index >= 15 is 0 Å². The van der Waals surface area contributed by atoms with Crippen molar-refractivity contribution in [2.45, 2.75) is 0 Å². The molecule has 2 aromatic rings. The van der Waals surface area contributed by atoms with Crippen molar-refractivity contribution in [3.63, 3.8) is 0 Å². The number of rotatable bonds is 6. The molecule has 124 valence electrons. The Morgan fingerprint density at radius 1 is 1.21 bits per heavy atom. The van der Waals surface area contributed by atoms with Crippen LogP contribution in [0.15, 0.2) is 36.7 Å². The summed E-state index contributed by atoms with van der Waals surface area (Å²) in [6.45, 7) is -0.338. The number of carbonyl (C=O) groups is 2. The van der Waals surface area contributed by atoms with Gasteiger partial charge in [0.25, 0.3) is 11.8 Å². The summed E-state index contributed by atoms with van der Waals surface area (Å²) in [5.41, 5.74) is 9.68. The summed E-state index contributed by atoms with van der Waals surface area (Å²) in [5.74, 6) is -1.67. The quantitative estimate of drug-likeness (QED) is 0.418. The van der Waals surface area contributed by atoms with Gasteiger partial charge in [0.05, 0.1) is 11.5 Å². The first-order valence-electron chi connectivity index (χ1n) is 6.62. The lowest BCUT2D eigenvalue weighted by Gasteiger charge is -2.09. The number of nitrogens with zero attached hydrogens (tertiary/aromatic N) is 3. The Hall–Kier alpha value is -3.76. The van der Waals surface area contributed by atoms with E-state index in [1.54, 1.807) is 30.3 Å². The number of benzene rings is 1. The van der Waals surface area contributed by atoms with Gasteiger partial charge in [0.15, 0.2) is 0 Å². The van der Waals surface area contributed by atoms with E-state index < -0.39 is 22.4 Å². The summed E-state index contributed by atoms with van der Waals surface area (Å²) < 4.78 is 0. The smallest absolute Gasteiger partial charge is 0.354 e. The number of hydrazine groups is 1. The topological polar surface area (TPSA) is 165 Å². The Morgan fingerprint density at radius 2 is 1.92 bits per heavy atom. The van der Waals surface area contributed by atoms with E-state index in [1.165, 1.54) is 0 Å². The van der Waals surface area contributed by atoms with Crippen molar-refractivity contribution >= 4 is 29.1 Å². The summed E-state index contributed by atoms with van der Waals surface area (Å²) in [5, 5.41) is 13.3. The molecule has 1 aromatic carbocycles. The standard InChI is InChI=1S/C13H13N7O4/c14-11-10(20(23)24)12(17-7-16-11)19-18-9(21)6-15-13(22)8-4-2-1-3-5-8/h1-5,7H,6H2,(H,15,22)(H,18,21)(H3,14,16,17,19). The Balaban J connectivity index is 1.89. The fraction of sp³-hybridized carbons (Fsp3) is 0.0769. The Labute approximate surface area is 135 Å². The zero-order valence-corrected chi connectivity index (χ0v) is 12.2. The molecule has 1 aromatic heterocycles. The number of nitrogens with one attached hydrogen (secondary N) is 3. The molecule has 2 amide bonds. The second kappa shape index (κ2) is 7.49. The maximum absolute atomic E-state index is 11.8. The number of hydrogen-bond donors (Lipinski definition) is 4. The largest absolute Gasteiger partial charge is 0.378 e.